The van der Waals surface area contributed by atoms with Crippen molar-refractivity contribution in [2.75, 3.05) is 0 Å². The van der Waals surface area contributed by atoms with Gasteiger partial charge in [0.05, 0.1) is 18.0 Å². The molecular formula is C11H9N3. The Balaban J connectivity index is 2.45. The molecule has 0 amide bonds. The van der Waals surface area contributed by atoms with Crippen LogP contribution in [0.3, 0.4) is 0 Å². The van der Waals surface area contributed by atoms with Crippen molar-refractivity contribution in [1.29, 1.82) is 5.26 Å². The SMILES string of the molecule is N#CC1(c2cnccn2)C=CC=CC1. The van der Waals surface area contributed by atoms with Crippen molar-refractivity contribution in [2.24, 2.45) is 0 Å². The van der Waals surface area contributed by atoms with Crippen molar-refractivity contribution in [1.82, 2.24) is 9.97 Å². The van der Waals surface area contributed by atoms with Crippen molar-refractivity contribution in [3.63, 3.8) is 0 Å². The highest BCUT2D eigenvalue weighted by atomic mass is 14.8. The normalized spacial score (nSPS) is 24.5. The van der Waals surface area contributed by atoms with E-state index in [0.29, 0.717) is 12.1 Å². The summed E-state index contributed by atoms with van der Waals surface area (Å²) in [5.41, 5.74) is 0.0892. The minimum absolute atomic E-state index is 0.622. The summed E-state index contributed by atoms with van der Waals surface area (Å²) in [6.45, 7) is 0. The highest BCUT2D eigenvalue weighted by Gasteiger charge is 2.30. The molecule has 0 radical (unpaired) electrons. The molecule has 0 aliphatic heterocycles. The maximum atomic E-state index is 9.19. The number of rotatable bonds is 1. The fourth-order valence-corrected chi connectivity index (χ4v) is 1.48. The lowest BCUT2D eigenvalue weighted by Gasteiger charge is -2.21. The van der Waals surface area contributed by atoms with Gasteiger partial charge in [-0.1, -0.05) is 24.3 Å². The van der Waals surface area contributed by atoms with Crippen molar-refractivity contribution in [3.8, 4) is 6.07 Å². The van der Waals surface area contributed by atoms with Crippen LogP contribution in [-0.4, -0.2) is 9.97 Å². The molecule has 0 aromatic carbocycles. The van der Waals surface area contributed by atoms with Crippen LogP contribution < -0.4 is 0 Å². The molecule has 0 N–H and O–H groups in total. The monoisotopic (exact) mass is 183 g/mol. The van der Waals surface area contributed by atoms with Gasteiger partial charge in [-0.05, 0) is 6.42 Å². The lowest BCUT2D eigenvalue weighted by Crippen LogP contribution is -2.23. The topological polar surface area (TPSA) is 49.6 Å². The third-order valence-electron chi connectivity index (χ3n) is 2.29. The van der Waals surface area contributed by atoms with E-state index in [2.05, 4.69) is 16.0 Å². The maximum Gasteiger partial charge on any atom is 0.122 e. The zero-order valence-corrected chi connectivity index (χ0v) is 7.59. The smallest absolute Gasteiger partial charge is 0.122 e. The predicted octanol–water partition coefficient (Wildman–Crippen LogP) is 1.75. The lowest BCUT2D eigenvalue weighted by molar-refractivity contribution is 0.660. The summed E-state index contributed by atoms with van der Waals surface area (Å²) in [4.78, 5) is 8.16. The van der Waals surface area contributed by atoms with E-state index in [9.17, 15) is 5.26 Å². The first-order chi connectivity index (χ1) is 6.87. The van der Waals surface area contributed by atoms with Crippen LogP contribution in [0.15, 0.2) is 42.9 Å². The minimum Gasteiger partial charge on any atom is -0.261 e. The van der Waals surface area contributed by atoms with Gasteiger partial charge in [-0.2, -0.15) is 5.26 Å². The van der Waals surface area contributed by atoms with Crippen LogP contribution in [0, 0.1) is 11.3 Å². The maximum absolute atomic E-state index is 9.19. The van der Waals surface area contributed by atoms with Gasteiger partial charge in [0.2, 0.25) is 0 Å². The van der Waals surface area contributed by atoms with Crippen molar-refractivity contribution in [2.45, 2.75) is 11.8 Å². The average molecular weight is 183 g/mol. The lowest BCUT2D eigenvalue weighted by atomic mass is 9.80. The molecule has 3 heteroatoms. The second kappa shape index (κ2) is 3.43. The highest BCUT2D eigenvalue weighted by molar-refractivity contribution is 5.37. The molecule has 0 fully saturated rings. The predicted molar refractivity (Wildman–Crippen MR) is 52.2 cm³/mol. The van der Waals surface area contributed by atoms with E-state index >= 15 is 0 Å². The van der Waals surface area contributed by atoms with Crippen LogP contribution in [0.4, 0.5) is 0 Å². The van der Waals surface area contributed by atoms with Crippen molar-refractivity contribution >= 4 is 0 Å². The zero-order chi connectivity index (χ0) is 9.86. The van der Waals surface area contributed by atoms with Gasteiger partial charge in [0.1, 0.15) is 5.41 Å². The number of allylic oxidation sites excluding steroid dienone is 4. The van der Waals surface area contributed by atoms with Gasteiger partial charge >= 0.3 is 0 Å². The Morgan fingerprint density at radius 2 is 2.29 bits per heavy atom. The molecule has 0 saturated heterocycles. The van der Waals surface area contributed by atoms with Crippen LogP contribution in [-0.2, 0) is 5.41 Å². The first-order valence-corrected chi connectivity index (χ1v) is 4.39. The van der Waals surface area contributed by atoms with Gasteiger partial charge in [0.15, 0.2) is 0 Å². The quantitative estimate of drug-likeness (QED) is 0.666. The number of nitrogens with zero attached hydrogens (tertiary/aromatic N) is 3. The van der Waals surface area contributed by atoms with E-state index in [-0.39, 0.29) is 0 Å². The summed E-state index contributed by atoms with van der Waals surface area (Å²) >= 11 is 0. The Labute approximate surface area is 82.4 Å². The van der Waals surface area contributed by atoms with Gasteiger partial charge in [-0.25, -0.2) is 0 Å². The van der Waals surface area contributed by atoms with Crippen LogP contribution in [0.5, 0.6) is 0 Å². The molecular weight excluding hydrogens is 174 g/mol. The summed E-state index contributed by atoms with van der Waals surface area (Å²) < 4.78 is 0. The molecule has 0 bridgehead atoms. The summed E-state index contributed by atoms with van der Waals surface area (Å²) in [6, 6.07) is 2.29. The van der Waals surface area contributed by atoms with Crippen LogP contribution in [0.25, 0.3) is 0 Å². The van der Waals surface area contributed by atoms with E-state index < -0.39 is 5.41 Å². The Morgan fingerprint density at radius 1 is 1.36 bits per heavy atom. The zero-order valence-electron chi connectivity index (χ0n) is 7.59. The van der Waals surface area contributed by atoms with Gasteiger partial charge in [0.25, 0.3) is 0 Å². The molecule has 1 aromatic rings. The second-order valence-corrected chi connectivity index (χ2v) is 3.17. The highest BCUT2D eigenvalue weighted by Crippen LogP contribution is 2.29. The van der Waals surface area contributed by atoms with Gasteiger partial charge in [0, 0.05) is 12.4 Å². The first-order valence-electron chi connectivity index (χ1n) is 4.39. The summed E-state index contributed by atoms with van der Waals surface area (Å²) in [5.74, 6) is 0. The molecule has 1 heterocycles. The van der Waals surface area contributed by atoms with Crippen LogP contribution in [0.2, 0.25) is 0 Å². The molecule has 3 nitrogen and oxygen atoms in total. The van der Waals surface area contributed by atoms with E-state index in [4.69, 9.17) is 0 Å². The Hall–Kier alpha value is -1.95. The molecule has 68 valence electrons. The number of hydrogen-bond donors (Lipinski definition) is 0. The van der Waals surface area contributed by atoms with Crippen LogP contribution in [0.1, 0.15) is 12.1 Å². The van der Waals surface area contributed by atoms with E-state index in [1.54, 1.807) is 18.6 Å². The Morgan fingerprint density at radius 3 is 2.86 bits per heavy atom. The standard InChI is InChI=1S/C11H9N3/c12-9-11(4-2-1-3-5-11)10-8-13-6-7-14-10/h1-4,6-8H,5H2. The molecule has 1 unspecified atom stereocenters. The molecule has 1 atom stereocenters. The summed E-state index contributed by atoms with van der Waals surface area (Å²) in [7, 11) is 0. The minimum atomic E-state index is -0.622. The van der Waals surface area contributed by atoms with Crippen LogP contribution >= 0.6 is 0 Å². The van der Waals surface area contributed by atoms with E-state index in [1.807, 2.05) is 24.3 Å². The molecule has 0 spiro atoms. The Kier molecular flexibility index (Phi) is 2.11. The molecule has 1 aromatic heterocycles. The first kappa shape index (κ1) is 8.64. The fourth-order valence-electron chi connectivity index (χ4n) is 1.48. The van der Waals surface area contributed by atoms with E-state index in [0.717, 1.165) is 0 Å². The Bertz CT molecular complexity index is 414. The summed E-state index contributed by atoms with van der Waals surface area (Å²) in [5, 5.41) is 9.19. The second-order valence-electron chi connectivity index (χ2n) is 3.17. The third kappa shape index (κ3) is 1.31. The number of aromatic nitrogens is 2. The molecule has 1 aliphatic rings. The molecule has 14 heavy (non-hydrogen) atoms. The molecule has 1 aliphatic carbocycles. The molecule has 2 rings (SSSR count). The number of nitriles is 1. The summed E-state index contributed by atoms with van der Waals surface area (Å²) in [6.07, 6.45) is 13.2. The largest absolute Gasteiger partial charge is 0.261 e. The number of hydrogen-bond acceptors (Lipinski definition) is 3. The average Bonchev–Trinajstić information content (AvgIpc) is 2.31. The third-order valence-corrected chi connectivity index (χ3v) is 2.29. The van der Waals surface area contributed by atoms with Gasteiger partial charge in [-0.3, -0.25) is 9.97 Å². The fraction of sp³-hybridized carbons (Fsp3) is 0.182. The van der Waals surface area contributed by atoms with Gasteiger partial charge < -0.3 is 0 Å². The van der Waals surface area contributed by atoms with Crippen molar-refractivity contribution < 1.29 is 0 Å². The van der Waals surface area contributed by atoms with Gasteiger partial charge in [-0.15, -0.1) is 0 Å². The van der Waals surface area contributed by atoms with E-state index in [1.165, 1.54) is 0 Å². The van der Waals surface area contributed by atoms with Crippen molar-refractivity contribution in [3.05, 3.63) is 48.6 Å². The molecule has 0 saturated carbocycles.